The molecule has 2 aliphatic heterocycles. The van der Waals surface area contributed by atoms with E-state index in [0.29, 0.717) is 5.95 Å². The second-order valence-corrected chi connectivity index (χ2v) is 8.57. The molecule has 0 saturated carbocycles. The molecule has 0 spiro atoms. The third-order valence-electron chi connectivity index (χ3n) is 5.41. The van der Waals surface area contributed by atoms with Crippen molar-refractivity contribution in [1.82, 2.24) is 15.0 Å². The van der Waals surface area contributed by atoms with Crippen molar-refractivity contribution in [2.45, 2.75) is 6.92 Å². The Hall–Kier alpha value is -3.50. The molecular weight excluding hydrogens is 438 g/mol. The number of aliphatic imine (C=N–C) groups is 1. The third kappa shape index (κ3) is 4.67. The minimum absolute atomic E-state index is 0.519. The second kappa shape index (κ2) is 9.55. The molecule has 33 heavy (non-hydrogen) atoms. The molecule has 1 fully saturated rings. The molecule has 10 heteroatoms. The largest absolute Gasteiger partial charge is 0.495 e. The molecule has 5 rings (SSSR count). The van der Waals surface area contributed by atoms with Crippen LogP contribution in [0.1, 0.15) is 5.69 Å². The summed E-state index contributed by atoms with van der Waals surface area (Å²) in [6.07, 6.45) is 7.35. The van der Waals surface area contributed by atoms with E-state index in [9.17, 15) is 0 Å². The fourth-order valence-electron chi connectivity index (χ4n) is 3.75. The molecule has 2 aliphatic rings. The van der Waals surface area contributed by atoms with E-state index in [-0.39, 0.29) is 0 Å². The van der Waals surface area contributed by atoms with Crippen molar-refractivity contribution >= 4 is 40.1 Å². The number of thiazole rings is 1. The molecule has 2 aromatic heterocycles. The highest BCUT2D eigenvalue weighted by Gasteiger charge is 2.18. The first-order valence-corrected chi connectivity index (χ1v) is 11.6. The molecule has 0 radical (unpaired) electrons. The number of methoxy groups -OCH3 is 1. The van der Waals surface area contributed by atoms with Crippen LogP contribution in [-0.2, 0) is 4.74 Å². The van der Waals surface area contributed by atoms with Crippen molar-refractivity contribution in [3.63, 3.8) is 0 Å². The zero-order valence-electron chi connectivity index (χ0n) is 18.6. The lowest BCUT2D eigenvalue weighted by molar-refractivity contribution is 0.122. The van der Waals surface area contributed by atoms with Gasteiger partial charge in [0.2, 0.25) is 5.95 Å². The predicted molar refractivity (Wildman–Crippen MR) is 132 cm³/mol. The zero-order valence-corrected chi connectivity index (χ0v) is 19.4. The van der Waals surface area contributed by atoms with Crippen LogP contribution in [0.4, 0.5) is 22.5 Å². The molecule has 4 heterocycles. The SMILES string of the molecule is COc1cc(Nc2nccc(-c3sc(N4C=NC=CC4)nc3C)n2)ccc1N1CCOCC1. The van der Waals surface area contributed by atoms with Crippen LogP contribution < -0.4 is 19.9 Å². The monoisotopic (exact) mass is 463 g/mol. The van der Waals surface area contributed by atoms with Crippen LogP contribution in [-0.4, -0.2) is 61.2 Å². The number of nitrogens with one attached hydrogen (secondary N) is 1. The lowest BCUT2D eigenvalue weighted by Gasteiger charge is -2.30. The number of morpholine rings is 1. The van der Waals surface area contributed by atoms with Gasteiger partial charge in [-0.1, -0.05) is 11.3 Å². The molecule has 170 valence electrons. The Kier molecular flexibility index (Phi) is 6.18. The molecule has 0 unspecified atom stereocenters. The summed E-state index contributed by atoms with van der Waals surface area (Å²) in [4.78, 5) is 23.4. The molecule has 0 aliphatic carbocycles. The van der Waals surface area contributed by atoms with E-state index in [4.69, 9.17) is 19.4 Å². The third-order valence-corrected chi connectivity index (χ3v) is 6.62. The molecule has 9 nitrogen and oxygen atoms in total. The van der Waals surface area contributed by atoms with E-state index < -0.39 is 0 Å². The first-order chi connectivity index (χ1) is 16.2. The van der Waals surface area contributed by atoms with Crippen molar-refractivity contribution in [2.75, 3.05) is 55.1 Å². The summed E-state index contributed by atoms with van der Waals surface area (Å²) >= 11 is 1.59. The van der Waals surface area contributed by atoms with Crippen molar-refractivity contribution in [3.05, 3.63) is 48.4 Å². The highest BCUT2D eigenvalue weighted by atomic mass is 32.1. The Balaban J connectivity index is 1.36. The van der Waals surface area contributed by atoms with Gasteiger partial charge in [0.05, 0.1) is 48.6 Å². The van der Waals surface area contributed by atoms with Gasteiger partial charge < -0.3 is 24.6 Å². The van der Waals surface area contributed by atoms with Gasteiger partial charge in [-0.3, -0.25) is 0 Å². The Morgan fingerprint density at radius 3 is 2.82 bits per heavy atom. The number of aryl methyl sites for hydroxylation is 1. The maximum atomic E-state index is 5.66. The van der Waals surface area contributed by atoms with Gasteiger partial charge >= 0.3 is 0 Å². The highest BCUT2D eigenvalue weighted by molar-refractivity contribution is 7.19. The number of hydrogen-bond donors (Lipinski definition) is 1. The van der Waals surface area contributed by atoms with E-state index in [1.54, 1.807) is 37.2 Å². The number of ether oxygens (including phenoxy) is 2. The van der Waals surface area contributed by atoms with Crippen molar-refractivity contribution < 1.29 is 9.47 Å². The Labute approximate surface area is 196 Å². The molecule has 1 saturated heterocycles. The van der Waals surface area contributed by atoms with Gasteiger partial charge in [0.25, 0.3) is 0 Å². The summed E-state index contributed by atoms with van der Waals surface area (Å²) in [5.74, 6) is 1.32. The first kappa shape index (κ1) is 21.4. The van der Waals surface area contributed by atoms with Gasteiger partial charge in [-0.05, 0) is 31.2 Å². The Bertz CT molecular complexity index is 1190. The number of benzene rings is 1. The average molecular weight is 464 g/mol. The second-order valence-electron chi connectivity index (χ2n) is 7.59. The van der Waals surface area contributed by atoms with Gasteiger partial charge in [-0.2, -0.15) is 0 Å². The van der Waals surface area contributed by atoms with Crippen molar-refractivity contribution in [3.8, 4) is 16.3 Å². The van der Waals surface area contributed by atoms with Crippen LogP contribution in [0.2, 0.25) is 0 Å². The first-order valence-electron chi connectivity index (χ1n) is 10.7. The number of aromatic nitrogens is 3. The molecule has 0 bridgehead atoms. The summed E-state index contributed by atoms with van der Waals surface area (Å²) in [6, 6.07) is 7.95. The average Bonchev–Trinajstić information content (AvgIpc) is 3.27. The van der Waals surface area contributed by atoms with Gasteiger partial charge in [-0.15, -0.1) is 0 Å². The summed E-state index contributed by atoms with van der Waals surface area (Å²) in [5, 5.41) is 4.20. The van der Waals surface area contributed by atoms with E-state index >= 15 is 0 Å². The minimum atomic E-state index is 0.519. The zero-order chi connectivity index (χ0) is 22.6. The molecule has 1 aromatic carbocycles. The van der Waals surface area contributed by atoms with Gasteiger partial charge in [0.1, 0.15) is 5.75 Å². The maximum Gasteiger partial charge on any atom is 0.227 e. The van der Waals surface area contributed by atoms with E-state index in [2.05, 4.69) is 26.3 Å². The van der Waals surface area contributed by atoms with E-state index in [0.717, 1.165) is 71.4 Å². The summed E-state index contributed by atoms with van der Waals surface area (Å²) in [6.45, 7) is 5.91. The molecular formula is C23H25N7O2S. The predicted octanol–water partition coefficient (Wildman–Crippen LogP) is 3.86. The molecule has 3 aromatic rings. The lowest BCUT2D eigenvalue weighted by Crippen LogP contribution is -2.36. The van der Waals surface area contributed by atoms with Crippen LogP contribution in [0.5, 0.6) is 5.75 Å². The quantitative estimate of drug-likeness (QED) is 0.590. The highest BCUT2D eigenvalue weighted by Crippen LogP contribution is 2.35. The number of nitrogens with zero attached hydrogens (tertiary/aromatic N) is 6. The van der Waals surface area contributed by atoms with E-state index in [1.807, 2.05) is 36.1 Å². The fourth-order valence-corrected chi connectivity index (χ4v) is 4.77. The molecule has 0 amide bonds. The summed E-state index contributed by atoms with van der Waals surface area (Å²) < 4.78 is 11.1. The number of rotatable bonds is 6. The maximum absolute atomic E-state index is 5.66. The van der Waals surface area contributed by atoms with Crippen LogP contribution in [0.25, 0.3) is 10.6 Å². The number of hydrogen-bond acceptors (Lipinski definition) is 10. The van der Waals surface area contributed by atoms with Crippen LogP contribution in [0, 0.1) is 6.92 Å². The Morgan fingerprint density at radius 2 is 2.03 bits per heavy atom. The van der Waals surface area contributed by atoms with Gasteiger partial charge in [0.15, 0.2) is 5.13 Å². The Morgan fingerprint density at radius 1 is 1.15 bits per heavy atom. The number of anilines is 4. The van der Waals surface area contributed by atoms with Crippen molar-refractivity contribution in [1.29, 1.82) is 0 Å². The van der Waals surface area contributed by atoms with Crippen LogP contribution in [0.3, 0.4) is 0 Å². The van der Waals surface area contributed by atoms with Crippen LogP contribution in [0.15, 0.2) is 47.7 Å². The standard InChI is InChI=1S/C23H25N7O2S/c1-16-21(33-23(26-16)30-9-3-7-24-15-30)18-6-8-25-22(28-18)27-17-4-5-19(20(14-17)31-2)29-10-12-32-13-11-29/h3-8,14-15H,9-13H2,1-2H3,(H,25,27,28). The van der Waals surface area contributed by atoms with Crippen LogP contribution >= 0.6 is 11.3 Å². The summed E-state index contributed by atoms with van der Waals surface area (Å²) in [7, 11) is 1.69. The summed E-state index contributed by atoms with van der Waals surface area (Å²) in [5.41, 5.74) is 3.68. The smallest absolute Gasteiger partial charge is 0.227 e. The molecule has 0 atom stereocenters. The van der Waals surface area contributed by atoms with Gasteiger partial charge in [-0.25, -0.2) is 19.9 Å². The van der Waals surface area contributed by atoms with Gasteiger partial charge in [0, 0.05) is 43.8 Å². The topological polar surface area (TPSA) is 88.0 Å². The lowest BCUT2D eigenvalue weighted by atomic mass is 10.2. The normalized spacial score (nSPS) is 15.7. The minimum Gasteiger partial charge on any atom is -0.495 e. The molecule has 1 N–H and O–H groups in total. The van der Waals surface area contributed by atoms with E-state index in [1.165, 1.54) is 0 Å². The fraction of sp³-hybridized carbons (Fsp3) is 0.304. The van der Waals surface area contributed by atoms with Crippen molar-refractivity contribution in [2.24, 2.45) is 4.99 Å².